The summed E-state index contributed by atoms with van der Waals surface area (Å²) in [6.45, 7) is 2.41. The van der Waals surface area contributed by atoms with Gasteiger partial charge in [0.1, 0.15) is 11.9 Å². The Kier molecular flexibility index (Phi) is 5.16. The molecule has 0 saturated carbocycles. The van der Waals surface area contributed by atoms with Crippen molar-refractivity contribution in [2.45, 2.75) is 12.2 Å². The normalized spacial score (nSPS) is 19.1. The van der Waals surface area contributed by atoms with Crippen molar-refractivity contribution in [1.29, 1.82) is 0 Å². The number of hydrogen-bond donors (Lipinski definition) is 1. The standard InChI is InChI=1S/C19H24N2O2/c1-21(2)16-10-6-7-11-17(16)23-19(15-8-4-3-5-9-15)18-14-20-12-13-22-18/h3-11,18-20H,12-14H2,1-2H3/t18-,19-/m0/s1. The fourth-order valence-corrected chi connectivity index (χ4v) is 2.84. The van der Waals surface area contributed by atoms with Gasteiger partial charge in [0.15, 0.2) is 6.10 Å². The van der Waals surface area contributed by atoms with Gasteiger partial charge in [0.2, 0.25) is 0 Å². The molecule has 1 fully saturated rings. The van der Waals surface area contributed by atoms with E-state index in [1.807, 2.05) is 50.5 Å². The minimum Gasteiger partial charge on any atom is -0.481 e. The number of rotatable bonds is 5. The Morgan fingerprint density at radius 3 is 2.52 bits per heavy atom. The SMILES string of the molecule is CN(C)c1ccccc1O[C@@H](c1ccccc1)[C@@H]1CNCCO1. The summed E-state index contributed by atoms with van der Waals surface area (Å²) in [6, 6.07) is 18.4. The summed E-state index contributed by atoms with van der Waals surface area (Å²) in [4.78, 5) is 2.07. The number of nitrogens with zero attached hydrogens (tertiary/aromatic N) is 1. The van der Waals surface area contributed by atoms with Crippen molar-refractivity contribution in [3.05, 3.63) is 60.2 Å². The zero-order valence-corrected chi connectivity index (χ0v) is 13.7. The van der Waals surface area contributed by atoms with Crippen LogP contribution in [0.15, 0.2) is 54.6 Å². The second kappa shape index (κ2) is 7.49. The van der Waals surface area contributed by atoms with Gasteiger partial charge < -0.3 is 19.7 Å². The monoisotopic (exact) mass is 312 g/mol. The Balaban J connectivity index is 1.90. The lowest BCUT2D eigenvalue weighted by Crippen LogP contribution is -2.43. The summed E-state index contributed by atoms with van der Waals surface area (Å²) in [5.41, 5.74) is 2.20. The molecule has 1 heterocycles. The largest absolute Gasteiger partial charge is 0.481 e. The van der Waals surface area contributed by atoms with Gasteiger partial charge in [-0.05, 0) is 17.7 Å². The van der Waals surface area contributed by atoms with Crippen LogP contribution in [0.1, 0.15) is 11.7 Å². The van der Waals surface area contributed by atoms with E-state index in [9.17, 15) is 0 Å². The molecule has 0 radical (unpaired) electrons. The van der Waals surface area contributed by atoms with Crippen LogP contribution in [-0.2, 0) is 4.74 Å². The maximum absolute atomic E-state index is 6.43. The minimum atomic E-state index is -0.134. The summed E-state index contributed by atoms with van der Waals surface area (Å²) in [5.74, 6) is 0.875. The first-order valence-electron chi connectivity index (χ1n) is 8.06. The number of morpholine rings is 1. The summed E-state index contributed by atoms with van der Waals surface area (Å²) >= 11 is 0. The maximum atomic E-state index is 6.43. The van der Waals surface area contributed by atoms with Crippen LogP contribution in [0, 0.1) is 0 Å². The van der Waals surface area contributed by atoms with E-state index in [0.29, 0.717) is 6.61 Å². The molecule has 1 N–H and O–H groups in total. The van der Waals surface area contributed by atoms with Gasteiger partial charge in [-0.25, -0.2) is 0 Å². The summed E-state index contributed by atoms with van der Waals surface area (Å²) < 4.78 is 12.4. The van der Waals surface area contributed by atoms with Crippen molar-refractivity contribution in [2.24, 2.45) is 0 Å². The molecule has 0 aromatic heterocycles. The van der Waals surface area contributed by atoms with Crippen LogP contribution in [-0.4, -0.2) is 39.9 Å². The highest BCUT2D eigenvalue weighted by Crippen LogP contribution is 2.33. The second-order valence-corrected chi connectivity index (χ2v) is 5.92. The third-order valence-electron chi connectivity index (χ3n) is 4.02. The molecule has 1 aliphatic heterocycles. The van der Waals surface area contributed by atoms with E-state index >= 15 is 0 Å². The molecule has 0 spiro atoms. The smallest absolute Gasteiger partial charge is 0.151 e. The lowest BCUT2D eigenvalue weighted by Gasteiger charge is -2.32. The molecular weight excluding hydrogens is 288 g/mol. The highest BCUT2D eigenvalue weighted by atomic mass is 16.5. The summed E-state index contributed by atoms with van der Waals surface area (Å²) in [6.07, 6.45) is -0.133. The van der Waals surface area contributed by atoms with Crippen molar-refractivity contribution in [3.8, 4) is 5.75 Å². The van der Waals surface area contributed by atoms with Gasteiger partial charge in [0, 0.05) is 27.2 Å². The number of nitrogens with one attached hydrogen (secondary N) is 1. The molecule has 2 aromatic carbocycles. The Morgan fingerprint density at radius 2 is 1.83 bits per heavy atom. The van der Waals surface area contributed by atoms with Crippen molar-refractivity contribution >= 4 is 5.69 Å². The van der Waals surface area contributed by atoms with Gasteiger partial charge in [-0.1, -0.05) is 42.5 Å². The first-order chi connectivity index (χ1) is 11.3. The average molecular weight is 312 g/mol. The summed E-state index contributed by atoms with van der Waals surface area (Å²) in [7, 11) is 4.05. The van der Waals surface area contributed by atoms with Crippen LogP contribution >= 0.6 is 0 Å². The van der Waals surface area contributed by atoms with Crippen LogP contribution in [0.25, 0.3) is 0 Å². The second-order valence-electron chi connectivity index (χ2n) is 5.92. The zero-order chi connectivity index (χ0) is 16.1. The van der Waals surface area contributed by atoms with E-state index in [4.69, 9.17) is 9.47 Å². The van der Waals surface area contributed by atoms with Gasteiger partial charge in [0.05, 0.1) is 12.3 Å². The topological polar surface area (TPSA) is 33.7 Å². The lowest BCUT2D eigenvalue weighted by atomic mass is 10.0. The third kappa shape index (κ3) is 3.84. The van der Waals surface area contributed by atoms with Crippen LogP contribution in [0.2, 0.25) is 0 Å². The Morgan fingerprint density at radius 1 is 1.09 bits per heavy atom. The fourth-order valence-electron chi connectivity index (χ4n) is 2.84. The third-order valence-corrected chi connectivity index (χ3v) is 4.02. The highest BCUT2D eigenvalue weighted by molar-refractivity contribution is 5.57. The molecule has 4 nitrogen and oxygen atoms in total. The minimum absolute atomic E-state index is 0.00127. The number of hydrogen-bond acceptors (Lipinski definition) is 4. The molecule has 23 heavy (non-hydrogen) atoms. The summed E-state index contributed by atoms with van der Waals surface area (Å²) in [5, 5.41) is 3.39. The Labute approximate surface area is 138 Å². The molecule has 1 aliphatic rings. The maximum Gasteiger partial charge on any atom is 0.151 e. The lowest BCUT2D eigenvalue weighted by molar-refractivity contribution is -0.0430. The number of benzene rings is 2. The van der Waals surface area contributed by atoms with Gasteiger partial charge >= 0.3 is 0 Å². The van der Waals surface area contributed by atoms with E-state index in [-0.39, 0.29) is 12.2 Å². The first kappa shape index (κ1) is 15.8. The quantitative estimate of drug-likeness (QED) is 0.920. The first-order valence-corrected chi connectivity index (χ1v) is 8.06. The van der Waals surface area contributed by atoms with Gasteiger partial charge in [-0.15, -0.1) is 0 Å². The van der Waals surface area contributed by atoms with Crippen molar-refractivity contribution in [3.63, 3.8) is 0 Å². The molecular formula is C19H24N2O2. The van der Waals surface area contributed by atoms with E-state index in [0.717, 1.165) is 30.1 Å². The number of ether oxygens (including phenoxy) is 2. The van der Waals surface area contributed by atoms with E-state index in [1.165, 1.54) is 0 Å². The Bertz CT molecular complexity index is 610. The van der Waals surface area contributed by atoms with Crippen LogP contribution in [0.5, 0.6) is 5.75 Å². The van der Waals surface area contributed by atoms with E-state index in [1.54, 1.807) is 0 Å². The van der Waals surface area contributed by atoms with Crippen LogP contribution in [0.3, 0.4) is 0 Å². The molecule has 2 atom stereocenters. The molecule has 0 aliphatic carbocycles. The Hall–Kier alpha value is -2.04. The van der Waals surface area contributed by atoms with Gasteiger partial charge in [0.25, 0.3) is 0 Å². The highest BCUT2D eigenvalue weighted by Gasteiger charge is 2.28. The number of para-hydroxylation sites is 2. The fraction of sp³-hybridized carbons (Fsp3) is 0.368. The molecule has 122 valence electrons. The van der Waals surface area contributed by atoms with E-state index < -0.39 is 0 Å². The molecule has 1 saturated heterocycles. The molecule has 0 amide bonds. The molecule has 0 unspecified atom stereocenters. The number of anilines is 1. The van der Waals surface area contributed by atoms with E-state index in [2.05, 4.69) is 28.4 Å². The van der Waals surface area contributed by atoms with Crippen LogP contribution in [0.4, 0.5) is 5.69 Å². The average Bonchev–Trinajstić information content (AvgIpc) is 2.61. The van der Waals surface area contributed by atoms with Crippen molar-refractivity contribution in [1.82, 2.24) is 5.32 Å². The molecule has 2 aromatic rings. The van der Waals surface area contributed by atoms with Gasteiger partial charge in [-0.2, -0.15) is 0 Å². The molecule has 4 heteroatoms. The predicted octanol–water partition coefficient (Wildman–Crippen LogP) is 2.86. The van der Waals surface area contributed by atoms with Crippen LogP contribution < -0.4 is 15.0 Å². The van der Waals surface area contributed by atoms with Gasteiger partial charge in [-0.3, -0.25) is 0 Å². The van der Waals surface area contributed by atoms with Crippen molar-refractivity contribution in [2.75, 3.05) is 38.7 Å². The zero-order valence-electron chi connectivity index (χ0n) is 13.7. The molecule has 3 rings (SSSR count). The predicted molar refractivity (Wildman–Crippen MR) is 93.2 cm³/mol. The molecule has 0 bridgehead atoms. The van der Waals surface area contributed by atoms with Crippen molar-refractivity contribution < 1.29 is 9.47 Å².